The Labute approximate surface area is 92.0 Å². The molecule has 0 unspecified atom stereocenters. The molecule has 0 fully saturated rings. The normalized spacial score (nSPS) is 10.9. The van der Waals surface area contributed by atoms with Crippen LogP contribution in [0.1, 0.15) is 24.3 Å². The topological polar surface area (TPSA) is 79.5 Å². The molecule has 16 heavy (non-hydrogen) atoms. The van der Waals surface area contributed by atoms with Crippen molar-refractivity contribution in [2.24, 2.45) is 0 Å². The van der Waals surface area contributed by atoms with E-state index < -0.39 is 0 Å². The Bertz CT molecular complexity index is 533. The van der Waals surface area contributed by atoms with Gasteiger partial charge in [-0.25, -0.2) is 4.98 Å². The number of fused-ring (bicyclic) bond motifs is 1. The second kappa shape index (κ2) is 3.80. The first-order valence-corrected chi connectivity index (χ1v) is 4.90. The zero-order chi connectivity index (χ0) is 11.7. The molecule has 0 atom stereocenters. The predicted molar refractivity (Wildman–Crippen MR) is 58.8 cm³/mol. The second-order valence-electron chi connectivity index (χ2n) is 3.74. The van der Waals surface area contributed by atoms with Crippen LogP contribution in [0.2, 0.25) is 0 Å². The molecule has 2 N–H and O–H groups in total. The fraction of sp³-hybridized carbons (Fsp3) is 0.300. The number of aldehydes is 1. The Kier molecular flexibility index (Phi) is 2.47. The number of aromatic hydroxyl groups is 1. The van der Waals surface area contributed by atoms with Gasteiger partial charge in [0, 0.05) is 6.04 Å². The van der Waals surface area contributed by atoms with Gasteiger partial charge in [0.15, 0.2) is 17.8 Å². The van der Waals surface area contributed by atoms with Gasteiger partial charge in [0.25, 0.3) is 0 Å². The molecule has 0 aliphatic carbocycles. The summed E-state index contributed by atoms with van der Waals surface area (Å²) in [5.41, 5.74) is 0.896. The van der Waals surface area contributed by atoms with Crippen molar-refractivity contribution in [3.8, 4) is 5.88 Å². The largest absolute Gasteiger partial charge is 0.492 e. The average molecular weight is 220 g/mol. The summed E-state index contributed by atoms with van der Waals surface area (Å²) in [6.45, 7) is 3.90. The van der Waals surface area contributed by atoms with E-state index in [2.05, 4.69) is 15.3 Å². The zero-order valence-electron chi connectivity index (χ0n) is 9.01. The summed E-state index contributed by atoms with van der Waals surface area (Å²) in [6.07, 6.45) is 3.48. The number of hydrogen-bond donors (Lipinski definition) is 2. The molecule has 84 valence electrons. The molecule has 0 bridgehead atoms. The predicted octanol–water partition coefficient (Wildman–Crippen LogP) is 1.07. The number of aromatic nitrogens is 3. The molecule has 0 aliphatic rings. The van der Waals surface area contributed by atoms with E-state index in [1.165, 1.54) is 16.8 Å². The number of rotatable bonds is 3. The van der Waals surface area contributed by atoms with Crippen molar-refractivity contribution in [1.82, 2.24) is 14.4 Å². The molecule has 2 rings (SSSR count). The van der Waals surface area contributed by atoms with E-state index in [-0.39, 0.29) is 11.9 Å². The number of nitrogens with one attached hydrogen (secondary N) is 1. The van der Waals surface area contributed by atoms with Gasteiger partial charge >= 0.3 is 0 Å². The molecule has 0 aromatic carbocycles. The molecule has 2 heterocycles. The highest BCUT2D eigenvalue weighted by Gasteiger charge is 2.11. The minimum atomic E-state index is -0.156. The minimum absolute atomic E-state index is 0.156. The smallest absolute Gasteiger partial charge is 0.230 e. The molecular formula is C10H12N4O2. The van der Waals surface area contributed by atoms with E-state index in [0.29, 0.717) is 23.4 Å². The van der Waals surface area contributed by atoms with E-state index in [9.17, 15) is 9.90 Å². The summed E-state index contributed by atoms with van der Waals surface area (Å²) in [5, 5.41) is 12.5. The van der Waals surface area contributed by atoms with Gasteiger partial charge in [0.1, 0.15) is 5.69 Å². The third kappa shape index (κ3) is 1.69. The van der Waals surface area contributed by atoms with Crippen molar-refractivity contribution in [3.05, 3.63) is 18.1 Å². The van der Waals surface area contributed by atoms with Gasteiger partial charge in [0.2, 0.25) is 5.88 Å². The lowest BCUT2D eigenvalue weighted by atomic mass is 10.4. The van der Waals surface area contributed by atoms with Gasteiger partial charge in [-0.2, -0.15) is 4.98 Å². The Morgan fingerprint density at radius 3 is 2.94 bits per heavy atom. The van der Waals surface area contributed by atoms with Crippen LogP contribution in [0.15, 0.2) is 12.4 Å². The summed E-state index contributed by atoms with van der Waals surface area (Å²) < 4.78 is 1.50. The van der Waals surface area contributed by atoms with Gasteiger partial charge in [-0.15, -0.1) is 0 Å². The molecule has 2 aromatic rings. The van der Waals surface area contributed by atoms with Gasteiger partial charge in [0.05, 0.1) is 12.4 Å². The molecular weight excluding hydrogens is 208 g/mol. The zero-order valence-corrected chi connectivity index (χ0v) is 9.01. The third-order valence-corrected chi connectivity index (χ3v) is 2.05. The lowest BCUT2D eigenvalue weighted by Crippen LogP contribution is -2.12. The van der Waals surface area contributed by atoms with Crippen molar-refractivity contribution in [3.63, 3.8) is 0 Å². The van der Waals surface area contributed by atoms with E-state index in [4.69, 9.17) is 0 Å². The maximum atomic E-state index is 10.7. The fourth-order valence-electron chi connectivity index (χ4n) is 1.45. The van der Waals surface area contributed by atoms with Gasteiger partial charge in [-0.05, 0) is 13.8 Å². The highest BCUT2D eigenvalue weighted by Crippen LogP contribution is 2.19. The molecule has 2 aromatic heterocycles. The standard InChI is InChI=1S/C10H12N4O2/c1-6(2)12-9-10-11-3-7(5-15)14(10)4-8(16)13-9/h3-6,16H,1-2H3,(H,12,13). The van der Waals surface area contributed by atoms with Crippen LogP contribution >= 0.6 is 0 Å². The maximum absolute atomic E-state index is 10.7. The highest BCUT2D eigenvalue weighted by molar-refractivity contribution is 5.76. The van der Waals surface area contributed by atoms with Crippen LogP contribution in [0.4, 0.5) is 5.82 Å². The number of nitrogens with zero attached hydrogens (tertiary/aromatic N) is 3. The number of carbonyl (C=O) groups is 1. The molecule has 6 heteroatoms. The maximum Gasteiger partial charge on any atom is 0.230 e. The van der Waals surface area contributed by atoms with Crippen molar-refractivity contribution in [1.29, 1.82) is 0 Å². The number of imidazole rings is 1. The van der Waals surface area contributed by atoms with Crippen LogP contribution in [0, 0.1) is 0 Å². The molecule has 0 radical (unpaired) electrons. The SMILES string of the molecule is CC(C)Nc1nc(O)cn2c(C=O)cnc12. The van der Waals surface area contributed by atoms with Gasteiger partial charge < -0.3 is 10.4 Å². The minimum Gasteiger partial charge on any atom is -0.492 e. The number of hydrogen-bond acceptors (Lipinski definition) is 5. The van der Waals surface area contributed by atoms with Gasteiger partial charge in [-0.1, -0.05) is 0 Å². The van der Waals surface area contributed by atoms with Crippen LogP contribution in [0.5, 0.6) is 5.88 Å². The fourth-order valence-corrected chi connectivity index (χ4v) is 1.45. The second-order valence-corrected chi connectivity index (χ2v) is 3.74. The Morgan fingerprint density at radius 2 is 2.31 bits per heavy atom. The molecule has 0 aliphatic heterocycles. The molecule has 6 nitrogen and oxygen atoms in total. The molecule has 0 saturated heterocycles. The number of anilines is 1. The van der Waals surface area contributed by atoms with Crippen LogP contribution in [-0.4, -0.2) is 31.8 Å². The first-order valence-electron chi connectivity index (χ1n) is 4.90. The van der Waals surface area contributed by atoms with Crippen molar-refractivity contribution in [2.45, 2.75) is 19.9 Å². The monoisotopic (exact) mass is 220 g/mol. The van der Waals surface area contributed by atoms with Crippen molar-refractivity contribution in [2.75, 3.05) is 5.32 Å². The van der Waals surface area contributed by atoms with Crippen LogP contribution < -0.4 is 5.32 Å². The lowest BCUT2D eigenvalue weighted by Gasteiger charge is -2.10. The quantitative estimate of drug-likeness (QED) is 0.756. The summed E-state index contributed by atoms with van der Waals surface area (Å²) >= 11 is 0. The van der Waals surface area contributed by atoms with Crippen LogP contribution in [-0.2, 0) is 0 Å². The lowest BCUT2D eigenvalue weighted by molar-refractivity contribution is 0.111. The number of carbonyl (C=O) groups excluding carboxylic acids is 1. The van der Waals surface area contributed by atoms with Crippen molar-refractivity contribution >= 4 is 17.8 Å². The van der Waals surface area contributed by atoms with E-state index in [1.807, 2.05) is 13.8 Å². The molecule has 0 saturated carbocycles. The Hall–Kier alpha value is -2.11. The van der Waals surface area contributed by atoms with E-state index >= 15 is 0 Å². The van der Waals surface area contributed by atoms with Gasteiger partial charge in [-0.3, -0.25) is 9.20 Å². The summed E-state index contributed by atoms with van der Waals surface area (Å²) in [5.74, 6) is 0.305. The first kappa shape index (κ1) is 10.4. The van der Waals surface area contributed by atoms with Crippen molar-refractivity contribution < 1.29 is 9.90 Å². The highest BCUT2D eigenvalue weighted by atomic mass is 16.3. The molecule has 0 amide bonds. The van der Waals surface area contributed by atoms with E-state index in [0.717, 1.165) is 0 Å². The molecule has 0 spiro atoms. The summed E-state index contributed by atoms with van der Waals surface area (Å²) in [4.78, 5) is 18.8. The Morgan fingerprint density at radius 1 is 1.56 bits per heavy atom. The third-order valence-electron chi connectivity index (χ3n) is 2.05. The summed E-state index contributed by atoms with van der Waals surface area (Å²) in [6, 6.07) is 0.162. The Balaban J connectivity index is 2.64. The van der Waals surface area contributed by atoms with Crippen LogP contribution in [0.3, 0.4) is 0 Å². The summed E-state index contributed by atoms with van der Waals surface area (Å²) in [7, 11) is 0. The van der Waals surface area contributed by atoms with E-state index in [1.54, 1.807) is 0 Å². The average Bonchev–Trinajstić information content (AvgIpc) is 2.59. The van der Waals surface area contributed by atoms with Crippen LogP contribution in [0.25, 0.3) is 5.65 Å². The first-order chi connectivity index (χ1) is 7.61.